The Morgan fingerprint density at radius 2 is 1.17 bits per heavy atom. The van der Waals surface area contributed by atoms with Gasteiger partial charge in [-0.05, 0) is 0 Å². The third-order valence-electron chi connectivity index (χ3n) is 4.27. The van der Waals surface area contributed by atoms with Crippen LogP contribution in [0.1, 0.15) is 9.75 Å². The molecule has 126 valence electrons. The van der Waals surface area contributed by atoms with Gasteiger partial charge in [-0.3, -0.25) is 9.80 Å². The Morgan fingerprint density at radius 1 is 0.739 bits per heavy atom. The van der Waals surface area contributed by atoms with Crippen LogP contribution in [0, 0.1) is 3.14 Å². The molecule has 4 heterocycles. The Labute approximate surface area is 153 Å². The molecule has 2 aliphatic rings. The Bertz CT molecular complexity index is 655. The number of rotatable bonds is 4. The average molecular weight is 389 g/mol. The van der Waals surface area contributed by atoms with E-state index in [9.17, 15) is 0 Å². The zero-order chi connectivity index (χ0) is 15.6. The molecule has 4 nitrogen and oxygen atoms in total. The van der Waals surface area contributed by atoms with E-state index in [0.29, 0.717) is 0 Å². The molecule has 0 spiro atoms. The third-order valence-corrected chi connectivity index (χ3v) is 8.46. The Hall–Kier alpha value is 0.0700. The fraction of sp³-hybridized carbons (Fsp3) is 0.667. The van der Waals surface area contributed by atoms with E-state index in [1.807, 2.05) is 11.3 Å². The van der Waals surface area contributed by atoms with Gasteiger partial charge in [0.05, 0.1) is 35.8 Å². The van der Waals surface area contributed by atoms with E-state index in [0.717, 1.165) is 68.8 Å². The highest BCUT2D eigenvalue weighted by molar-refractivity contribution is 7.77. The highest BCUT2D eigenvalue weighted by Crippen LogP contribution is 2.41. The quantitative estimate of drug-likeness (QED) is 0.748. The molecule has 0 unspecified atom stereocenters. The van der Waals surface area contributed by atoms with Crippen LogP contribution in [0.15, 0.2) is 0 Å². The molecule has 0 saturated carbocycles. The van der Waals surface area contributed by atoms with E-state index in [1.54, 1.807) is 22.7 Å². The number of ether oxygens (including phenoxy) is 2. The zero-order valence-electron chi connectivity index (χ0n) is 12.9. The summed E-state index contributed by atoms with van der Waals surface area (Å²) in [7, 11) is 0. The minimum Gasteiger partial charge on any atom is -0.379 e. The first-order chi connectivity index (χ1) is 11.3. The predicted octanol–water partition coefficient (Wildman–Crippen LogP) is 3.42. The van der Waals surface area contributed by atoms with Crippen molar-refractivity contribution >= 4 is 55.6 Å². The molecule has 0 aromatic carbocycles. The van der Waals surface area contributed by atoms with Crippen LogP contribution in [0.2, 0.25) is 0 Å². The Balaban J connectivity index is 1.58. The molecule has 2 aromatic rings. The van der Waals surface area contributed by atoms with E-state index in [2.05, 4.69) is 9.80 Å². The van der Waals surface area contributed by atoms with Crippen LogP contribution in [-0.2, 0) is 22.6 Å². The van der Waals surface area contributed by atoms with Crippen LogP contribution >= 0.6 is 46.2 Å². The summed E-state index contributed by atoms with van der Waals surface area (Å²) >= 11 is 11.0. The highest BCUT2D eigenvalue weighted by atomic mass is 32.2. The van der Waals surface area contributed by atoms with Gasteiger partial charge in [0, 0.05) is 49.0 Å². The van der Waals surface area contributed by atoms with Crippen LogP contribution in [-0.4, -0.2) is 62.4 Å². The fourth-order valence-electron chi connectivity index (χ4n) is 3.02. The monoisotopic (exact) mass is 388 g/mol. The number of thiophene rings is 1. The normalized spacial score (nSPS) is 21.2. The summed E-state index contributed by atoms with van der Waals surface area (Å²) in [6, 6.07) is 0. The molecule has 0 bridgehead atoms. The number of nitrogens with zero attached hydrogens (tertiary/aromatic N) is 2. The summed E-state index contributed by atoms with van der Waals surface area (Å²) in [6.45, 7) is 9.64. The predicted molar refractivity (Wildman–Crippen MR) is 101 cm³/mol. The van der Waals surface area contributed by atoms with Crippen molar-refractivity contribution < 1.29 is 9.47 Å². The maximum absolute atomic E-state index is 5.47. The van der Waals surface area contributed by atoms with Crippen molar-refractivity contribution in [3.05, 3.63) is 12.9 Å². The second-order valence-electron chi connectivity index (χ2n) is 5.84. The summed E-state index contributed by atoms with van der Waals surface area (Å²) in [6.07, 6.45) is 0. The van der Waals surface area contributed by atoms with Gasteiger partial charge < -0.3 is 9.47 Å². The minimum atomic E-state index is 0.856. The molecule has 2 aromatic heterocycles. The number of fused-ring (bicyclic) bond motifs is 1. The summed E-state index contributed by atoms with van der Waals surface area (Å²) in [5.41, 5.74) is 0. The first-order valence-corrected chi connectivity index (χ1v) is 10.8. The van der Waals surface area contributed by atoms with Gasteiger partial charge in [-0.25, -0.2) is 0 Å². The number of hydrogen-bond acceptors (Lipinski definition) is 8. The molecule has 0 radical (unpaired) electrons. The van der Waals surface area contributed by atoms with Gasteiger partial charge in [0.1, 0.15) is 3.14 Å². The SMILES string of the molecule is S=c1sc2c(CN3CCOCC3)sc(CN3CCOCC3)c2s1. The van der Waals surface area contributed by atoms with E-state index < -0.39 is 0 Å². The lowest BCUT2D eigenvalue weighted by Gasteiger charge is -2.26. The first-order valence-electron chi connectivity index (χ1n) is 7.94. The van der Waals surface area contributed by atoms with Crippen LogP contribution in [0.25, 0.3) is 9.40 Å². The van der Waals surface area contributed by atoms with Crippen molar-refractivity contribution in [1.29, 1.82) is 0 Å². The van der Waals surface area contributed by atoms with Gasteiger partial charge in [-0.15, -0.1) is 34.0 Å². The van der Waals surface area contributed by atoms with Gasteiger partial charge in [0.15, 0.2) is 0 Å². The highest BCUT2D eigenvalue weighted by Gasteiger charge is 2.20. The smallest absolute Gasteiger partial charge is 0.144 e. The van der Waals surface area contributed by atoms with E-state index >= 15 is 0 Å². The largest absolute Gasteiger partial charge is 0.379 e. The first kappa shape index (κ1) is 16.5. The van der Waals surface area contributed by atoms with Crippen molar-refractivity contribution in [2.45, 2.75) is 13.1 Å². The van der Waals surface area contributed by atoms with Crippen LogP contribution in [0.4, 0.5) is 0 Å². The molecule has 2 saturated heterocycles. The Kier molecular flexibility index (Phi) is 5.41. The summed E-state index contributed by atoms with van der Waals surface area (Å²) in [5, 5.41) is 0. The maximum atomic E-state index is 5.47. The molecular formula is C15H20N2O2S4. The maximum Gasteiger partial charge on any atom is 0.144 e. The van der Waals surface area contributed by atoms with Gasteiger partial charge in [-0.2, -0.15) is 0 Å². The molecular weight excluding hydrogens is 368 g/mol. The molecule has 0 aliphatic carbocycles. The summed E-state index contributed by atoms with van der Waals surface area (Å²) < 4.78 is 14.8. The minimum absolute atomic E-state index is 0.856. The third kappa shape index (κ3) is 3.85. The van der Waals surface area contributed by atoms with Crippen molar-refractivity contribution in [2.24, 2.45) is 0 Å². The van der Waals surface area contributed by atoms with E-state index in [-0.39, 0.29) is 0 Å². The second-order valence-corrected chi connectivity index (χ2v) is 10.3. The molecule has 23 heavy (non-hydrogen) atoms. The fourth-order valence-corrected chi connectivity index (χ4v) is 7.37. The van der Waals surface area contributed by atoms with Crippen LogP contribution in [0.5, 0.6) is 0 Å². The molecule has 8 heteroatoms. The molecule has 2 fully saturated rings. The van der Waals surface area contributed by atoms with Gasteiger partial charge in [0.2, 0.25) is 0 Å². The topological polar surface area (TPSA) is 24.9 Å². The van der Waals surface area contributed by atoms with Crippen molar-refractivity contribution in [2.75, 3.05) is 52.6 Å². The van der Waals surface area contributed by atoms with Crippen molar-refractivity contribution in [3.8, 4) is 0 Å². The number of hydrogen-bond donors (Lipinski definition) is 0. The van der Waals surface area contributed by atoms with Crippen molar-refractivity contribution in [1.82, 2.24) is 9.80 Å². The van der Waals surface area contributed by atoms with E-state index in [1.165, 1.54) is 19.2 Å². The molecule has 4 rings (SSSR count). The van der Waals surface area contributed by atoms with Gasteiger partial charge in [0.25, 0.3) is 0 Å². The zero-order valence-corrected chi connectivity index (χ0v) is 16.2. The molecule has 0 amide bonds. The van der Waals surface area contributed by atoms with Gasteiger partial charge >= 0.3 is 0 Å². The molecule has 0 N–H and O–H groups in total. The standard InChI is InChI=1S/C15H20N2O2S4/c20-15-22-13-11(9-16-1-5-18-6-2-16)21-12(14(13)23-15)10-17-3-7-19-8-4-17/h1-10H2. The molecule has 2 aliphatic heterocycles. The van der Waals surface area contributed by atoms with Gasteiger partial charge in [-0.1, -0.05) is 12.2 Å². The van der Waals surface area contributed by atoms with E-state index in [4.69, 9.17) is 21.7 Å². The summed E-state index contributed by atoms with van der Waals surface area (Å²) in [4.78, 5) is 7.98. The van der Waals surface area contributed by atoms with Crippen LogP contribution in [0.3, 0.4) is 0 Å². The lowest BCUT2D eigenvalue weighted by atomic mass is 10.3. The lowest BCUT2D eigenvalue weighted by molar-refractivity contribution is 0.0346. The average Bonchev–Trinajstić information content (AvgIpc) is 3.09. The summed E-state index contributed by atoms with van der Waals surface area (Å²) in [5.74, 6) is 0. The Morgan fingerprint density at radius 3 is 1.61 bits per heavy atom. The van der Waals surface area contributed by atoms with Crippen LogP contribution < -0.4 is 0 Å². The second kappa shape index (κ2) is 7.53. The lowest BCUT2D eigenvalue weighted by Crippen LogP contribution is -2.35. The van der Waals surface area contributed by atoms with Crippen molar-refractivity contribution in [3.63, 3.8) is 0 Å². The molecule has 0 atom stereocenters. The number of morpholine rings is 2.